The van der Waals surface area contributed by atoms with Crippen LogP contribution in [0.5, 0.6) is 0 Å². The molecule has 28 heavy (non-hydrogen) atoms. The van der Waals surface area contributed by atoms with Gasteiger partial charge < -0.3 is 10.2 Å². The van der Waals surface area contributed by atoms with E-state index in [0.717, 1.165) is 37.2 Å². The maximum atomic E-state index is 13.3. The van der Waals surface area contributed by atoms with Crippen LogP contribution in [0.3, 0.4) is 0 Å². The van der Waals surface area contributed by atoms with E-state index in [4.69, 9.17) is 0 Å². The Morgan fingerprint density at radius 2 is 2.11 bits per heavy atom. The predicted octanol–water partition coefficient (Wildman–Crippen LogP) is 4.07. The highest BCUT2D eigenvalue weighted by Crippen LogP contribution is 2.30. The summed E-state index contributed by atoms with van der Waals surface area (Å²) in [5.74, 6) is -0.445. The lowest BCUT2D eigenvalue weighted by Crippen LogP contribution is -2.42. The number of nitrogens with zero attached hydrogens (tertiary/aromatic N) is 3. The van der Waals surface area contributed by atoms with Crippen LogP contribution in [0.15, 0.2) is 24.3 Å². The Labute approximate surface area is 168 Å². The number of likely N-dealkylation sites (tertiary alicyclic amines) is 1. The summed E-state index contributed by atoms with van der Waals surface area (Å²) in [6.45, 7) is 5.48. The summed E-state index contributed by atoms with van der Waals surface area (Å²) in [6.07, 6.45) is 3.53. The summed E-state index contributed by atoms with van der Waals surface area (Å²) in [6, 6.07) is 5.72. The number of carbonyl (C=O) groups is 2. The van der Waals surface area contributed by atoms with Crippen LogP contribution in [-0.2, 0) is 4.79 Å². The molecule has 0 aliphatic carbocycles. The van der Waals surface area contributed by atoms with Crippen molar-refractivity contribution in [2.75, 3.05) is 18.4 Å². The molecule has 2 amide bonds. The molecule has 1 aromatic heterocycles. The molecule has 1 aromatic carbocycles. The number of aromatic nitrogens is 2. The smallest absolute Gasteiger partial charge is 0.286 e. The largest absolute Gasteiger partial charge is 0.342 e. The second kappa shape index (κ2) is 9.23. The van der Waals surface area contributed by atoms with Crippen LogP contribution < -0.4 is 5.32 Å². The van der Waals surface area contributed by atoms with Gasteiger partial charge in [0, 0.05) is 30.6 Å². The third-order valence-electron chi connectivity index (χ3n) is 5.13. The molecule has 1 N–H and O–H groups in total. The Kier molecular flexibility index (Phi) is 6.72. The first-order valence-corrected chi connectivity index (χ1v) is 10.5. The fourth-order valence-electron chi connectivity index (χ4n) is 3.52. The minimum Gasteiger partial charge on any atom is -0.342 e. The summed E-state index contributed by atoms with van der Waals surface area (Å²) in [5, 5.41) is 11.8. The molecular formula is C20H25FN4O2S. The zero-order valence-electron chi connectivity index (χ0n) is 16.2. The first-order chi connectivity index (χ1) is 13.5. The third kappa shape index (κ3) is 4.73. The van der Waals surface area contributed by atoms with E-state index in [1.807, 2.05) is 18.7 Å². The highest BCUT2D eigenvalue weighted by Gasteiger charge is 2.30. The summed E-state index contributed by atoms with van der Waals surface area (Å²) in [5.41, 5.74) is 0.376. The Bertz CT molecular complexity index is 837. The van der Waals surface area contributed by atoms with Gasteiger partial charge in [-0.1, -0.05) is 31.3 Å². The van der Waals surface area contributed by atoms with Gasteiger partial charge in [0.05, 0.1) is 0 Å². The lowest BCUT2D eigenvalue weighted by molar-refractivity contribution is -0.137. The second-order valence-electron chi connectivity index (χ2n) is 7.05. The molecule has 1 saturated heterocycles. The minimum absolute atomic E-state index is 0.0702. The first kappa shape index (κ1) is 20.4. The van der Waals surface area contributed by atoms with Crippen molar-refractivity contribution >= 4 is 28.8 Å². The average molecular weight is 405 g/mol. The molecule has 3 rings (SSSR count). The fourth-order valence-corrected chi connectivity index (χ4v) is 4.38. The Hall–Kier alpha value is -2.35. The molecule has 2 aromatic rings. The number of anilines is 1. The van der Waals surface area contributed by atoms with Crippen molar-refractivity contribution in [3.63, 3.8) is 0 Å². The van der Waals surface area contributed by atoms with Crippen molar-refractivity contribution < 1.29 is 14.0 Å². The fraction of sp³-hybridized carbons (Fsp3) is 0.500. The van der Waals surface area contributed by atoms with Gasteiger partial charge >= 0.3 is 0 Å². The number of piperidine rings is 1. The van der Waals surface area contributed by atoms with Crippen LogP contribution in [-0.4, -0.2) is 40.0 Å². The molecule has 2 heterocycles. The SMILES string of the molecule is CCC(CC)C(=O)N1CCCC(c2nnc(C(=O)Nc3cccc(F)c3)s2)C1. The summed E-state index contributed by atoms with van der Waals surface area (Å²) >= 11 is 1.24. The van der Waals surface area contributed by atoms with Gasteiger partial charge in [-0.25, -0.2) is 4.39 Å². The molecule has 6 nitrogen and oxygen atoms in total. The summed E-state index contributed by atoms with van der Waals surface area (Å²) in [4.78, 5) is 27.0. The van der Waals surface area contributed by atoms with Crippen LogP contribution in [0.2, 0.25) is 0 Å². The Balaban J connectivity index is 1.65. The normalized spacial score (nSPS) is 17.0. The highest BCUT2D eigenvalue weighted by molar-refractivity contribution is 7.13. The van der Waals surface area contributed by atoms with E-state index in [9.17, 15) is 14.0 Å². The Morgan fingerprint density at radius 1 is 1.32 bits per heavy atom. The molecule has 1 aliphatic rings. The van der Waals surface area contributed by atoms with Crippen LogP contribution in [0.1, 0.15) is 60.3 Å². The van der Waals surface area contributed by atoms with Gasteiger partial charge in [0.25, 0.3) is 5.91 Å². The molecule has 0 saturated carbocycles. The maximum Gasteiger partial charge on any atom is 0.286 e. The average Bonchev–Trinajstić information content (AvgIpc) is 3.19. The number of rotatable bonds is 6. The van der Waals surface area contributed by atoms with Crippen LogP contribution in [0, 0.1) is 11.7 Å². The topological polar surface area (TPSA) is 75.2 Å². The minimum atomic E-state index is -0.417. The van der Waals surface area contributed by atoms with Gasteiger partial charge in [-0.05, 0) is 43.9 Å². The molecule has 1 aliphatic heterocycles. The van der Waals surface area contributed by atoms with E-state index < -0.39 is 11.7 Å². The molecule has 0 bridgehead atoms. The number of carbonyl (C=O) groups excluding carboxylic acids is 2. The molecule has 1 unspecified atom stereocenters. The van der Waals surface area contributed by atoms with E-state index in [1.54, 1.807) is 6.07 Å². The van der Waals surface area contributed by atoms with E-state index in [0.29, 0.717) is 12.2 Å². The quantitative estimate of drug-likeness (QED) is 0.787. The van der Waals surface area contributed by atoms with E-state index in [2.05, 4.69) is 15.5 Å². The maximum absolute atomic E-state index is 13.3. The monoisotopic (exact) mass is 404 g/mol. The van der Waals surface area contributed by atoms with Crippen molar-refractivity contribution in [3.05, 3.63) is 40.1 Å². The molecule has 1 fully saturated rings. The third-order valence-corrected chi connectivity index (χ3v) is 6.22. The van der Waals surface area contributed by atoms with Crippen LogP contribution >= 0.6 is 11.3 Å². The lowest BCUT2D eigenvalue weighted by atomic mass is 9.95. The number of amides is 2. The molecule has 0 radical (unpaired) electrons. The van der Waals surface area contributed by atoms with E-state index in [-0.39, 0.29) is 22.8 Å². The zero-order chi connectivity index (χ0) is 20.1. The summed E-state index contributed by atoms with van der Waals surface area (Å²) in [7, 11) is 0. The number of hydrogen-bond donors (Lipinski definition) is 1. The molecule has 8 heteroatoms. The van der Waals surface area contributed by atoms with Gasteiger partial charge in [0.15, 0.2) is 0 Å². The number of halogens is 1. The van der Waals surface area contributed by atoms with Crippen molar-refractivity contribution in [2.45, 2.75) is 45.4 Å². The first-order valence-electron chi connectivity index (χ1n) is 9.70. The lowest BCUT2D eigenvalue weighted by Gasteiger charge is -2.33. The second-order valence-corrected chi connectivity index (χ2v) is 8.06. The van der Waals surface area contributed by atoms with Gasteiger partial charge in [0.2, 0.25) is 10.9 Å². The summed E-state index contributed by atoms with van der Waals surface area (Å²) < 4.78 is 13.3. The molecule has 0 spiro atoms. The van der Waals surface area contributed by atoms with Crippen molar-refractivity contribution in [2.24, 2.45) is 5.92 Å². The number of hydrogen-bond acceptors (Lipinski definition) is 5. The van der Waals surface area contributed by atoms with E-state index >= 15 is 0 Å². The highest BCUT2D eigenvalue weighted by atomic mass is 32.1. The standard InChI is InChI=1S/C20H25FN4O2S/c1-3-13(4-2)20(27)25-10-6-7-14(12-25)18-23-24-19(28-18)17(26)22-16-9-5-8-15(21)11-16/h5,8-9,11,13-14H,3-4,6-7,10,12H2,1-2H3,(H,22,26). The van der Waals surface area contributed by atoms with Crippen LogP contribution in [0.25, 0.3) is 0 Å². The number of benzene rings is 1. The van der Waals surface area contributed by atoms with Crippen molar-refractivity contribution in [3.8, 4) is 0 Å². The Morgan fingerprint density at radius 3 is 2.82 bits per heavy atom. The van der Waals surface area contributed by atoms with Crippen molar-refractivity contribution in [1.82, 2.24) is 15.1 Å². The molecule has 150 valence electrons. The zero-order valence-corrected chi connectivity index (χ0v) is 17.0. The van der Waals surface area contributed by atoms with Gasteiger partial charge in [-0.2, -0.15) is 0 Å². The molecule has 1 atom stereocenters. The van der Waals surface area contributed by atoms with Crippen LogP contribution in [0.4, 0.5) is 10.1 Å². The van der Waals surface area contributed by atoms with Gasteiger partial charge in [-0.15, -0.1) is 10.2 Å². The van der Waals surface area contributed by atoms with Gasteiger partial charge in [-0.3, -0.25) is 9.59 Å². The van der Waals surface area contributed by atoms with E-state index in [1.165, 1.54) is 29.5 Å². The van der Waals surface area contributed by atoms with Gasteiger partial charge in [0.1, 0.15) is 10.8 Å². The number of nitrogens with one attached hydrogen (secondary N) is 1. The van der Waals surface area contributed by atoms with Crippen molar-refractivity contribution in [1.29, 1.82) is 0 Å². The predicted molar refractivity (Wildman–Crippen MR) is 107 cm³/mol. The molecular weight excluding hydrogens is 379 g/mol.